The van der Waals surface area contributed by atoms with Crippen molar-refractivity contribution in [3.63, 3.8) is 0 Å². The van der Waals surface area contributed by atoms with Crippen LogP contribution in [0.5, 0.6) is 0 Å². The first kappa shape index (κ1) is 11.1. The summed E-state index contributed by atoms with van der Waals surface area (Å²) in [5.74, 6) is 0.618. The highest BCUT2D eigenvalue weighted by Crippen LogP contribution is 2.29. The molecule has 3 heteroatoms. The Morgan fingerprint density at radius 1 is 1.47 bits per heavy atom. The molecule has 1 saturated heterocycles. The molecule has 0 saturated carbocycles. The third-order valence-corrected chi connectivity index (χ3v) is 3.71. The normalized spacial score (nSPS) is 22.9. The van der Waals surface area contributed by atoms with Gasteiger partial charge in [0.25, 0.3) is 0 Å². The predicted octanol–water partition coefficient (Wildman–Crippen LogP) is 2.48. The van der Waals surface area contributed by atoms with Crippen LogP contribution in [0.2, 0.25) is 0 Å². The molecule has 0 amide bonds. The Balaban J connectivity index is 2.00. The molecule has 1 aliphatic rings. The lowest BCUT2D eigenvalue weighted by Crippen LogP contribution is -2.12. The molecule has 2 nitrogen and oxygen atoms in total. The molecule has 0 aromatic heterocycles. The Labute approximate surface area is 98.8 Å². The molecule has 0 bridgehead atoms. The summed E-state index contributed by atoms with van der Waals surface area (Å²) in [6, 6.07) is 7.90. The predicted molar refractivity (Wildman–Crippen MR) is 64.7 cm³/mol. The summed E-state index contributed by atoms with van der Waals surface area (Å²) in [5, 5.41) is 13.4. The smallest absolute Gasteiger partial charge is 0.0804 e. The molecule has 0 spiro atoms. The summed E-state index contributed by atoms with van der Waals surface area (Å²) in [7, 11) is 0. The van der Waals surface area contributed by atoms with E-state index in [1.54, 1.807) is 0 Å². The summed E-state index contributed by atoms with van der Waals surface area (Å²) >= 11 is 3.47. The molecule has 2 N–H and O–H groups in total. The van der Waals surface area contributed by atoms with Gasteiger partial charge in [0.05, 0.1) is 6.10 Å². The second-order valence-electron chi connectivity index (χ2n) is 4.13. The largest absolute Gasteiger partial charge is 0.388 e. The number of hydrogen-bond acceptors (Lipinski definition) is 2. The number of aliphatic hydroxyl groups is 1. The molecule has 1 fully saturated rings. The number of benzene rings is 1. The highest BCUT2D eigenvalue weighted by molar-refractivity contribution is 9.10. The molecule has 2 rings (SSSR count). The fourth-order valence-electron chi connectivity index (χ4n) is 2.10. The zero-order valence-electron chi connectivity index (χ0n) is 8.62. The first-order valence-corrected chi connectivity index (χ1v) is 6.20. The second-order valence-corrected chi connectivity index (χ2v) is 4.99. The van der Waals surface area contributed by atoms with Crippen molar-refractivity contribution >= 4 is 15.9 Å². The lowest BCUT2D eigenvalue weighted by atomic mass is 9.96. The van der Waals surface area contributed by atoms with E-state index in [2.05, 4.69) is 21.2 Å². The lowest BCUT2D eigenvalue weighted by molar-refractivity contribution is 0.147. The standard InChI is InChI=1S/C12H16BrNO/c13-11-4-2-1-3-10(11)12(15)7-9-5-6-14-8-9/h1-4,9,12,14-15H,5-8H2. The highest BCUT2D eigenvalue weighted by atomic mass is 79.9. The van der Waals surface area contributed by atoms with Gasteiger partial charge < -0.3 is 10.4 Å². The van der Waals surface area contributed by atoms with Gasteiger partial charge in [-0.15, -0.1) is 0 Å². The highest BCUT2D eigenvalue weighted by Gasteiger charge is 2.20. The zero-order valence-corrected chi connectivity index (χ0v) is 10.2. The number of hydrogen-bond donors (Lipinski definition) is 2. The van der Waals surface area contributed by atoms with Crippen molar-refractivity contribution in [2.45, 2.75) is 18.9 Å². The van der Waals surface area contributed by atoms with Crippen molar-refractivity contribution in [1.29, 1.82) is 0 Å². The van der Waals surface area contributed by atoms with E-state index in [-0.39, 0.29) is 6.10 Å². The van der Waals surface area contributed by atoms with E-state index in [0.29, 0.717) is 5.92 Å². The first-order valence-electron chi connectivity index (χ1n) is 5.40. The second kappa shape index (κ2) is 5.10. The molecule has 0 radical (unpaired) electrons. The van der Waals surface area contributed by atoms with Gasteiger partial charge in [0.1, 0.15) is 0 Å². The lowest BCUT2D eigenvalue weighted by Gasteiger charge is -2.16. The van der Waals surface area contributed by atoms with Crippen LogP contribution in [0.25, 0.3) is 0 Å². The van der Waals surface area contributed by atoms with Gasteiger partial charge in [-0.05, 0) is 43.5 Å². The van der Waals surface area contributed by atoms with Crippen LogP contribution in [0, 0.1) is 5.92 Å². The SMILES string of the molecule is OC(CC1CCNC1)c1ccccc1Br. The average molecular weight is 270 g/mol. The van der Waals surface area contributed by atoms with Gasteiger partial charge in [0, 0.05) is 4.47 Å². The minimum atomic E-state index is -0.342. The Morgan fingerprint density at radius 2 is 2.27 bits per heavy atom. The number of halogens is 1. The Morgan fingerprint density at radius 3 is 2.93 bits per heavy atom. The summed E-state index contributed by atoms with van der Waals surface area (Å²) in [6.07, 6.45) is 1.70. The van der Waals surface area contributed by atoms with Crippen LogP contribution in [0.1, 0.15) is 24.5 Å². The quantitative estimate of drug-likeness (QED) is 0.884. The van der Waals surface area contributed by atoms with E-state index in [1.807, 2.05) is 24.3 Å². The van der Waals surface area contributed by atoms with Crippen LogP contribution in [0.4, 0.5) is 0 Å². The Hall–Kier alpha value is -0.380. The maximum absolute atomic E-state index is 10.1. The van der Waals surface area contributed by atoms with E-state index >= 15 is 0 Å². The first-order chi connectivity index (χ1) is 7.27. The summed E-state index contributed by atoms with van der Waals surface area (Å²) < 4.78 is 1.00. The van der Waals surface area contributed by atoms with Crippen LogP contribution in [0.3, 0.4) is 0 Å². The van der Waals surface area contributed by atoms with Crippen LogP contribution in [-0.4, -0.2) is 18.2 Å². The van der Waals surface area contributed by atoms with E-state index in [9.17, 15) is 5.11 Å². The molecular formula is C12H16BrNO. The van der Waals surface area contributed by atoms with E-state index < -0.39 is 0 Å². The fraction of sp³-hybridized carbons (Fsp3) is 0.500. The summed E-state index contributed by atoms with van der Waals surface area (Å²) in [5.41, 5.74) is 1.00. The van der Waals surface area contributed by atoms with Gasteiger partial charge in [-0.3, -0.25) is 0 Å². The minimum Gasteiger partial charge on any atom is -0.388 e. The molecule has 15 heavy (non-hydrogen) atoms. The van der Waals surface area contributed by atoms with E-state index in [0.717, 1.165) is 29.5 Å². The van der Waals surface area contributed by atoms with Crippen molar-refractivity contribution in [2.24, 2.45) is 5.92 Å². The molecule has 2 unspecified atom stereocenters. The third kappa shape index (κ3) is 2.80. The van der Waals surface area contributed by atoms with Gasteiger partial charge in [-0.2, -0.15) is 0 Å². The van der Waals surface area contributed by atoms with Crippen molar-refractivity contribution in [1.82, 2.24) is 5.32 Å². The van der Waals surface area contributed by atoms with Crippen LogP contribution < -0.4 is 5.32 Å². The molecule has 2 atom stereocenters. The molecular weight excluding hydrogens is 254 g/mol. The average Bonchev–Trinajstić information content (AvgIpc) is 2.71. The maximum atomic E-state index is 10.1. The van der Waals surface area contributed by atoms with Gasteiger partial charge in [0.15, 0.2) is 0 Å². The fourth-order valence-corrected chi connectivity index (χ4v) is 2.65. The van der Waals surface area contributed by atoms with Crippen LogP contribution in [-0.2, 0) is 0 Å². The third-order valence-electron chi connectivity index (χ3n) is 2.98. The van der Waals surface area contributed by atoms with Crippen molar-refractivity contribution in [3.05, 3.63) is 34.3 Å². The van der Waals surface area contributed by atoms with Gasteiger partial charge in [-0.25, -0.2) is 0 Å². The molecule has 1 aromatic rings. The maximum Gasteiger partial charge on any atom is 0.0804 e. The molecule has 0 aliphatic carbocycles. The van der Waals surface area contributed by atoms with Crippen molar-refractivity contribution < 1.29 is 5.11 Å². The van der Waals surface area contributed by atoms with Crippen molar-refractivity contribution in [3.8, 4) is 0 Å². The molecule has 82 valence electrons. The number of nitrogens with one attached hydrogen (secondary N) is 1. The topological polar surface area (TPSA) is 32.3 Å². The molecule has 1 aliphatic heterocycles. The summed E-state index contributed by atoms with van der Waals surface area (Å²) in [4.78, 5) is 0. The van der Waals surface area contributed by atoms with Gasteiger partial charge in [-0.1, -0.05) is 34.1 Å². The van der Waals surface area contributed by atoms with E-state index in [4.69, 9.17) is 0 Å². The van der Waals surface area contributed by atoms with E-state index in [1.165, 1.54) is 6.42 Å². The van der Waals surface area contributed by atoms with Gasteiger partial charge >= 0.3 is 0 Å². The number of aliphatic hydroxyl groups excluding tert-OH is 1. The zero-order chi connectivity index (χ0) is 10.7. The Bertz CT molecular complexity index is 323. The molecule has 1 aromatic carbocycles. The van der Waals surface area contributed by atoms with Crippen molar-refractivity contribution in [2.75, 3.05) is 13.1 Å². The Kier molecular flexibility index (Phi) is 3.78. The number of rotatable bonds is 3. The minimum absolute atomic E-state index is 0.342. The molecule has 1 heterocycles. The van der Waals surface area contributed by atoms with Crippen LogP contribution >= 0.6 is 15.9 Å². The monoisotopic (exact) mass is 269 g/mol. The van der Waals surface area contributed by atoms with Crippen LogP contribution in [0.15, 0.2) is 28.7 Å². The summed E-state index contributed by atoms with van der Waals surface area (Å²) in [6.45, 7) is 2.13. The van der Waals surface area contributed by atoms with Gasteiger partial charge in [0.2, 0.25) is 0 Å².